The maximum Gasteiger partial charge on any atom is 0.229 e. The summed E-state index contributed by atoms with van der Waals surface area (Å²) in [6.45, 7) is -0.581. The molecule has 11 aliphatic carbocycles. The lowest BCUT2D eigenvalue weighted by Crippen LogP contribution is -2.81. The van der Waals surface area contributed by atoms with Crippen molar-refractivity contribution < 1.29 is 64.7 Å². The third-order valence-electron chi connectivity index (χ3n) is 26.6. The van der Waals surface area contributed by atoms with Crippen LogP contribution in [-0.2, 0) is 29.0 Å². The third kappa shape index (κ3) is 8.46. The summed E-state index contributed by atoms with van der Waals surface area (Å²) in [7, 11) is 2.83. The summed E-state index contributed by atoms with van der Waals surface area (Å²) in [4.78, 5) is 46.2. The predicted octanol–water partition coefficient (Wildman–Crippen LogP) is 9.66. The number of rotatable bonds is 10. The van der Waals surface area contributed by atoms with Crippen molar-refractivity contribution in [3.8, 4) is 11.5 Å². The zero-order chi connectivity index (χ0) is 62.0. The number of carbonyl (C=O) groups is 3. The molecule has 3 aromatic rings. The van der Waals surface area contributed by atoms with E-state index in [9.17, 15) is 45.6 Å². The van der Waals surface area contributed by atoms with Gasteiger partial charge in [0.15, 0.2) is 11.6 Å². The van der Waals surface area contributed by atoms with Crippen LogP contribution in [0.3, 0.4) is 0 Å². The average Bonchev–Trinajstić information content (AvgIpc) is 1.42. The van der Waals surface area contributed by atoms with E-state index in [0.717, 1.165) is 74.7 Å². The Morgan fingerprint density at radius 3 is 2.41 bits per heavy atom. The highest BCUT2D eigenvalue weighted by atomic mass is 33.1. The highest BCUT2D eigenvalue weighted by Gasteiger charge is 2.80. The quantitative estimate of drug-likeness (QED) is 0.0670. The first kappa shape index (κ1) is 60.0. The molecule has 7 saturated carbocycles. The summed E-state index contributed by atoms with van der Waals surface area (Å²) in [6, 6.07) is 19.9. The van der Waals surface area contributed by atoms with E-state index < -0.39 is 81.2 Å². The van der Waals surface area contributed by atoms with Crippen LogP contribution in [0.25, 0.3) is 0 Å². The highest BCUT2D eigenvalue weighted by molar-refractivity contribution is 8.76. The van der Waals surface area contributed by atoms with Crippen LogP contribution >= 0.6 is 21.6 Å². The molecule has 10 N–H and O–H groups in total. The number of dihydropyridines is 1. The number of allylic oxidation sites excluding steroid dienone is 6. The van der Waals surface area contributed by atoms with Gasteiger partial charge in [0, 0.05) is 41.2 Å². The fraction of sp³-hybridized carbons (Fsp3) is 0.603. The standard InChI is InChI=1S/C73H86N2O13S2/c76-18-6-13-57-72-54(23-44(24-56(72)81)20-41-7-3-9-43(19-41)34-77)60(82)51-11-5-12-55(59(51)62(72)83)87-64-63(84)73(86)61-47(30-70(39-79,88-64)65(73)85)25-46-26-48-32-67(38-71(48,61)53-27-58(74-33-52(46)53)75-40-89-90-57)36-66(31-49(67)35-78)16-17-69(37-66)29-45(28-68(69)14-1-2-15-68)21-42-8-4-10-50(80)22-42/h3-5,7-12,19,22-24,27,35,45-49,54,57,61,63-65,74-77,79-81,84-86H,1-2,6,13-18,20-21,25-26,28-34,36-40H2/t45-,46-,47-,48+,49-,54-,57+,61+,63+,64-,65-,66-,67+,69-,70-,71+,72+,73-/m1/s1. The van der Waals surface area contributed by atoms with Gasteiger partial charge in [-0.1, -0.05) is 89.0 Å². The predicted molar refractivity (Wildman–Crippen MR) is 339 cm³/mol. The van der Waals surface area contributed by atoms with Gasteiger partial charge < -0.3 is 65.8 Å². The number of benzene rings is 3. The van der Waals surface area contributed by atoms with E-state index in [4.69, 9.17) is 9.47 Å². The van der Waals surface area contributed by atoms with Crippen LogP contribution < -0.4 is 15.4 Å². The lowest BCUT2D eigenvalue weighted by atomic mass is 9.46. The van der Waals surface area contributed by atoms with Crippen LogP contribution in [0.2, 0.25) is 0 Å². The molecule has 18 atom stereocenters. The third-order valence-corrected chi connectivity index (χ3v) is 29.3. The fourth-order valence-electron chi connectivity index (χ4n) is 23.8. The minimum Gasteiger partial charge on any atom is -0.511 e. The summed E-state index contributed by atoms with van der Waals surface area (Å²) in [6.07, 6.45) is 18.3. The van der Waals surface area contributed by atoms with Gasteiger partial charge in [0.2, 0.25) is 6.29 Å². The summed E-state index contributed by atoms with van der Waals surface area (Å²) in [5.41, 5.74) is -1.49. The van der Waals surface area contributed by atoms with Crippen molar-refractivity contribution in [1.29, 1.82) is 0 Å². The number of carbonyl (C=O) groups excluding carboxylic acids is 3. The molecule has 10 bridgehead atoms. The van der Waals surface area contributed by atoms with E-state index >= 15 is 9.59 Å². The van der Waals surface area contributed by atoms with Crippen molar-refractivity contribution in [3.63, 3.8) is 0 Å². The maximum absolute atomic E-state index is 16.3. The van der Waals surface area contributed by atoms with Gasteiger partial charge >= 0.3 is 0 Å². The number of ether oxygens (including phenoxy) is 2. The molecular formula is C73H86N2O13S2. The minimum absolute atomic E-state index is 0.0392. The Balaban J connectivity index is 0.803. The molecule has 0 aromatic heterocycles. The van der Waals surface area contributed by atoms with Crippen LogP contribution in [0, 0.1) is 73.9 Å². The number of ketones is 2. The smallest absolute Gasteiger partial charge is 0.229 e. The molecule has 3 heterocycles. The topological polar surface area (TPSA) is 256 Å². The first-order valence-corrected chi connectivity index (χ1v) is 35.9. The Bertz CT molecular complexity index is 3600. The van der Waals surface area contributed by atoms with Crippen molar-refractivity contribution in [1.82, 2.24) is 10.6 Å². The molecule has 0 amide bonds. The molecule has 0 unspecified atom stereocenters. The number of Topliss-reactive ketones (excluding diaryl/α,β-unsaturated/α-hetero) is 2. The van der Waals surface area contributed by atoms with Gasteiger partial charge in [0.25, 0.3) is 0 Å². The van der Waals surface area contributed by atoms with Gasteiger partial charge in [-0.15, -0.1) is 0 Å². The van der Waals surface area contributed by atoms with Crippen LogP contribution in [0.15, 0.2) is 113 Å². The van der Waals surface area contributed by atoms with Crippen LogP contribution in [-0.4, -0.2) is 119 Å². The fourth-order valence-corrected chi connectivity index (χ4v) is 26.6. The Morgan fingerprint density at radius 2 is 1.61 bits per heavy atom. The molecule has 0 radical (unpaired) electrons. The minimum atomic E-state index is -2.38. The number of hydrogen-bond acceptors (Lipinski definition) is 17. The molecule has 90 heavy (non-hydrogen) atoms. The molecule has 14 aliphatic rings. The molecule has 3 aliphatic heterocycles. The first-order chi connectivity index (χ1) is 43.4. The number of aldehydes is 1. The first-order valence-electron chi connectivity index (χ1n) is 33.6. The van der Waals surface area contributed by atoms with Gasteiger partial charge in [-0.2, -0.15) is 0 Å². The van der Waals surface area contributed by atoms with Gasteiger partial charge in [-0.05, 0) is 225 Å². The lowest BCUT2D eigenvalue weighted by molar-refractivity contribution is -0.392. The van der Waals surface area contributed by atoms with Crippen LogP contribution in [0.1, 0.15) is 153 Å². The van der Waals surface area contributed by atoms with Gasteiger partial charge in [0.1, 0.15) is 52.4 Å². The monoisotopic (exact) mass is 1260 g/mol. The molecule has 8 fully saturated rings. The Labute approximate surface area is 534 Å². The molecule has 6 spiro atoms. The highest BCUT2D eigenvalue weighted by Crippen LogP contribution is 2.82. The molecule has 1 saturated heterocycles. The molecule has 15 nitrogen and oxygen atoms in total. The summed E-state index contributed by atoms with van der Waals surface area (Å²) >= 11 is 0. The number of aliphatic hydroxyl groups excluding tert-OH is 6. The second kappa shape index (κ2) is 21.5. The number of nitrogens with one attached hydrogen (secondary N) is 2. The number of aliphatic hydroxyl groups is 7. The van der Waals surface area contributed by atoms with Crippen molar-refractivity contribution in [2.45, 2.75) is 170 Å². The molecule has 478 valence electrons. The van der Waals surface area contributed by atoms with Crippen molar-refractivity contribution >= 4 is 39.4 Å². The Kier molecular flexibility index (Phi) is 14.4. The van der Waals surface area contributed by atoms with Crippen LogP contribution in [0.4, 0.5) is 0 Å². The largest absolute Gasteiger partial charge is 0.511 e. The van der Waals surface area contributed by atoms with Gasteiger partial charge in [-0.3, -0.25) is 9.59 Å². The van der Waals surface area contributed by atoms with Crippen LogP contribution in [0.5, 0.6) is 11.5 Å². The Hall–Kier alpha value is -4.95. The van der Waals surface area contributed by atoms with E-state index in [-0.39, 0.29) is 95.0 Å². The summed E-state index contributed by atoms with van der Waals surface area (Å²) < 4.78 is 13.7. The van der Waals surface area contributed by atoms with Crippen molar-refractivity contribution in [2.75, 3.05) is 25.6 Å². The second-order valence-electron chi connectivity index (χ2n) is 30.8. The SMILES string of the molecule is O=C[C@H]1C[C@]2(CC[C@@]3(C[C@H](Cc4cccc(O)c4)CC34CCCC4)C2)C[C@]12C[C@@H]1C[C@H]3C[C@@H]4C[C@]5(CO)O[C@H]6Oc7cccc8c7C(=O)[C@@]7(C(O)=CC(Cc9cccc(CO)c9)=C[C@@H]7C8=O)[C@H](CCCO)SSCNC7=CC(=C3CN7)[C@@]1(C2)[C@H]4[C@](O)([C@@H]5O)[C@H]6O. The number of aromatic hydroxyl groups is 1. The summed E-state index contributed by atoms with van der Waals surface area (Å²) in [5, 5.41) is 103. The normalized spacial score (nSPS) is 42.4. The van der Waals surface area contributed by atoms with Gasteiger partial charge in [0.05, 0.1) is 36.4 Å². The van der Waals surface area contributed by atoms with E-state index in [1.54, 1.807) is 30.4 Å². The van der Waals surface area contributed by atoms with Gasteiger partial charge in [-0.25, -0.2) is 0 Å². The average molecular weight is 1260 g/mol. The molecule has 17 heteroatoms. The second-order valence-corrected chi connectivity index (χ2v) is 33.3. The summed E-state index contributed by atoms with van der Waals surface area (Å²) in [5.74, 6) is -2.17. The zero-order valence-electron chi connectivity index (χ0n) is 51.1. The van der Waals surface area contributed by atoms with E-state index in [1.165, 1.54) is 77.2 Å². The lowest BCUT2D eigenvalue weighted by Gasteiger charge is -2.65. The molecular weight excluding hydrogens is 1180 g/mol. The van der Waals surface area contributed by atoms with Crippen molar-refractivity contribution in [2.24, 2.45) is 73.9 Å². The van der Waals surface area contributed by atoms with E-state index in [0.29, 0.717) is 54.5 Å². The number of fused-ring (bicyclic) bond motifs is 3. The number of phenols is 1. The maximum atomic E-state index is 16.3. The molecule has 17 rings (SSSR count). The number of hydrogen-bond donors (Lipinski definition) is 10. The zero-order valence-corrected chi connectivity index (χ0v) is 52.8. The number of phenolic OH excluding ortho intramolecular Hbond substituents is 1. The van der Waals surface area contributed by atoms with E-state index in [1.807, 2.05) is 36.4 Å². The van der Waals surface area contributed by atoms with E-state index in [2.05, 4.69) is 22.8 Å². The van der Waals surface area contributed by atoms with Crippen molar-refractivity contribution in [3.05, 3.63) is 141 Å². The Morgan fingerprint density at radius 1 is 0.811 bits per heavy atom. The molecule has 3 aromatic carbocycles.